The molecular formula is C22H18ClN3O7S. The Kier molecular flexibility index (Phi) is 6.75. The molecule has 1 N–H and O–H groups in total. The maximum absolute atomic E-state index is 12.8. The summed E-state index contributed by atoms with van der Waals surface area (Å²) in [4.78, 5) is 49.1. The van der Waals surface area contributed by atoms with Gasteiger partial charge in [0.1, 0.15) is 23.7 Å². The molecule has 176 valence electrons. The van der Waals surface area contributed by atoms with Crippen molar-refractivity contribution in [3.05, 3.63) is 86.6 Å². The molecule has 0 aliphatic carbocycles. The summed E-state index contributed by atoms with van der Waals surface area (Å²) in [5.41, 5.74) is 0.927. The van der Waals surface area contributed by atoms with Crippen LogP contribution in [0, 0.1) is 10.1 Å². The quantitative estimate of drug-likeness (QED) is 0.263. The van der Waals surface area contributed by atoms with Crippen molar-refractivity contribution in [2.24, 2.45) is 0 Å². The molecular weight excluding hydrogens is 486 g/mol. The lowest BCUT2D eigenvalue weighted by Gasteiger charge is -2.48. The molecule has 3 unspecified atom stereocenters. The standard InChI is InChI=1S/C22H18ClN3O7S/c23-16-12-34(32)21-18(24-17(27)10-13-4-2-1-3-5-13)20(28)25(21)19(16)22(29)33-11-14-6-8-15(9-7-14)26(30)31/h1-9,18,21H,10-12H2,(H,24,27). The Bertz CT molecular complexity index is 1220. The highest BCUT2D eigenvalue weighted by Crippen LogP contribution is 2.36. The van der Waals surface area contributed by atoms with Crippen LogP contribution >= 0.6 is 11.6 Å². The Balaban J connectivity index is 1.42. The topological polar surface area (TPSA) is 136 Å². The largest absolute Gasteiger partial charge is 0.456 e. The van der Waals surface area contributed by atoms with Gasteiger partial charge in [-0.25, -0.2) is 4.79 Å². The van der Waals surface area contributed by atoms with Crippen LogP contribution in [0.25, 0.3) is 0 Å². The third-order valence-corrected chi connectivity index (χ3v) is 7.38. The molecule has 2 heterocycles. The second-order valence-electron chi connectivity index (χ2n) is 7.58. The summed E-state index contributed by atoms with van der Waals surface area (Å²) in [6.07, 6.45) is 0.0463. The van der Waals surface area contributed by atoms with Crippen LogP contribution in [0.1, 0.15) is 11.1 Å². The SMILES string of the molecule is O=C(Cc1ccccc1)NC1C(=O)N2C(C(=O)OCc3ccc([N+](=O)[O-])cc3)=C(Cl)CS(=O)C12. The monoisotopic (exact) mass is 503 g/mol. The summed E-state index contributed by atoms with van der Waals surface area (Å²) < 4.78 is 17.9. The van der Waals surface area contributed by atoms with E-state index in [0.29, 0.717) is 5.56 Å². The van der Waals surface area contributed by atoms with Crippen LogP contribution in [-0.2, 0) is 42.9 Å². The van der Waals surface area contributed by atoms with Gasteiger partial charge in [-0.2, -0.15) is 0 Å². The molecule has 1 fully saturated rings. The maximum Gasteiger partial charge on any atom is 0.356 e. The molecule has 0 bridgehead atoms. The van der Waals surface area contributed by atoms with Crippen molar-refractivity contribution < 1.29 is 28.3 Å². The minimum atomic E-state index is -1.63. The van der Waals surface area contributed by atoms with E-state index < -0.39 is 44.9 Å². The number of carbonyl (C=O) groups is 3. The Hall–Kier alpha value is -3.57. The minimum Gasteiger partial charge on any atom is -0.456 e. The summed E-state index contributed by atoms with van der Waals surface area (Å²) in [5.74, 6) is -2.08. The van der Waals surface area contributed by atoms with E-state index in [1.165, 1.54) is 24.3 Å². The molecule has 0 saturated carbocycles. The van der Waals surface area contributed by atoms with Gasteiger partial charge in [-0.3, -0.25) is 28.8 Å². The number of nitro groups is 1. The van der Waals surface area contributed by atoms with Crippen LogP contribution in [0.4, 0.5) is 5.69 Å². The van der Waals surface area contributed by atoms with Crippen molar-refractivity contribution in [1.29, 1.82) is 0 Å². The molecule has 34 heavy (non-hydrogen) atoms. The lowest BCUT2D eigenvalue weighted by atomic mass is 10.0. The Morgan fingerprint density at radius 3 is 2.47 bits per heavy atom. The number of nitrogens with zero attached hydrogens (tertiary/aromatic N) is 2. The molecule has 0 radical (unpaired) electrons. The van der Waals surface area contributed by atoms with Crippen LogP contribution in [0.5, 0.6) is 0 Å². The second-order valence-corrected chi connectivity index (χ2v) is 9.57. The first-order valence-electron chi connectivity index (χ1n) is 10.1. The zero-order chi connectivity index (χ0) is 24.4. The highest BCUT2D eigenvalue weighted by molar-refractivity contribution is 7.86. The van der Waals surface area contributed by atoms with Crippen molar-refractivity contribution in [3.63, 3.8) is 0 Å². The minimum absolute atomic E-state index is 0.0463. The van der Waals surface area contributed by atoms with E-state index in [4.69, 9.17) is 16.3 Å². The number of β-lactam (4-membered cyclic amide) rings is 1. The number of nitrogens with one attached hydrogen (secondary N) is 1. The van der Waals surface area contributed by atoms with Gasteiger partial charge in [0.2, 0.25) is 5.91 Å². The Morgan fingerprint density at radius 2 is 1.82 bits per heavy atom. The van der Waals surface area contributed by atoms with Crippen molar-refractivity contribution in [2.75, 3.05) is 5.75 Å². The number of hydrogen-bond donors (Lipinski definition) is 1. The number of amides is 2. The van der Waals surface area contributed by atoms with Gasteiger partial charge in [0.25, 0.3) is 11.6 Å². The van der Waals surface area contributed by atoms with Crippen LogP contribution in [-0.4, -0.2) is 49.0 Å². The normalized spacial score (nSPS) is 21.4. The number of rotatable bonds is 7. The van der Waals surface area contributed by atoms with Crippen LogP contribution < -0.4 is 5.32 Å². The van der Waals surface area contributed by atoms with E-state index in [2.05, 4.69) is 5.32 Å². The summed E-state index contributed by atoms with van der Waals surface area (Å²) >= 11 is 6.16. The van der Waals surface area contributed by atoms with Crippen molar-refractivity contribution in [1.82, 2.24) is 10.2 Å². The van der Waals surface area contributed by atoms with Crippen LogP contribution in [0.2, 0.25) is 0 Å². The number of fused-ring (bicyclic) bond motifs is 1. The van der Waals surface area contributed by atoms with Gasteiger partial charge in [-0.1, -0.05) is 41.9 Å². The molecule has 2 aromatic rings. The first-order chi connectivity index (χ1) is 16.3. The fraction of sp³-hybridized carbons (Fsp3) is 0.227. The van der Waals surface area contributed by atoms with Crippen molar-refractivity contribution in [3.8, 4) is 0 Å². The Morgan fingerprint density at radius 1 is 1.15 bits per heavy atom. The molecule has 1 saturated heterocycles. The number of benzene rings is 2. The number of non-ortho nitro benzene ring substituents is 1. The van der Waals surface area contributed by atoms with Gasteiger partial charge in [-0.05, 0) is 23.3 Å². The number of halogens is 1. The fourth-order valence-electron chi connectivity index (χ4n) is 3.66. The van der Waals surface area contributed by atoms with E-state index in [9.17, 15) is 28.7 Å². The first-order valence-corrected chi connectivity index (χ1v) is 11.8. The summed E-state index contributed by atoms with van der Waals surface area (Å²) in [6, 6.07) is 13.3. The smallest absolute Gasteiger partial charge is 0.356 e. The van der Waals surface area contributed by atoms with Crippen molar-refractivity contribution in [2.45, 2.75) is 24.4 Å². The zero-order valence-electron chi connectivity index (χ0n) is 17.5. The molecule has 2 aliphatic heterocycles. The number of ether oxygens (including phenoxy) is 1. The third kappa shape index (κ3) is 4.70. The lowest BCUT2D eigenvalue weighted by molar-refractivity contribution is -0.384. The van der Waals surface area contributed by atoms with E-state index in [0.717, 1.165) is 10.5 Å². The van der Waals surface area contributed by atoms with Gasteiger partial charge in [0, 0.05) is 12.1 Å². The zero-order valence-corrected chi connectivity index (χ0v) is 19.1. The predicted molar refractivity (Wildman–Crippen MR) is 121 cm³/mol. The number of hydrogen-bond acceptors (Lipinski definition) is 7. The second kappa shape index (κ2) is 9.74. The molecule has 4 rings (SSSR count). The first kappa shape index (κ1) is 23.6. The molecule has 2 aliphatic rings. The van der Waals surface area contributed by atoms with Crippen LogP contribution in [0.15, 0.2) is 65.3 Å². The maximum atomic E-state index is 12.8. The molecule has 10 nitrogen and oxygen atoms in total. The van der Waals surface area contributed by atoms with E-state index in [1.54, 1.807) is 24.3 Å². The van der Waals surface area contributed by atoms with Gasteiger partial charge in [-0.15, -0.1) is 0 Å². The Labute approximate surface area is 201 Å². The van der Waals surface area contributed by atoms with E-state index >= 15 is 0 Å². The fourth-order valence-corrected chi connectivity index (χ4v) is 5.64. The van der Waals surface area contributed by atoms with E-state index in [-0.39, 0.29) is 35.2 Å². The number of carbonyl (C=O) groups excluding carboxylic acids is 3. The van der Waals surface area contributed by atoms with Gasteiger partial charge < -0.3 is 10.1 Å². The van der Waals surface area contributed by atoms with Gasteiger partial charge in [0.05, 0.1) is 32.9 Å². The lowest BCUT2D eigenvalue weighted by Crippen LogP contribution is -2.73. The predicted octanol–water partition coefficient (Wildman–Crippen LogP) is 1.75. The molecule has 2 aromatic carbocycles. The molecule has 2 amide bonds. The van der Waals surface area contributed by atoms with Crippen molar-refractivity contribution >= 4 is 45.9 Å². The van der Waals surface area contributed by atoms with Gasteiger partial charge >= 0.3 is 5.97 Å². The average molecular weight is 504 g/mol. The highest BCUT2D eigenvalue weighted by Gasteiger charge is 2.57. The third-order valence-electron chi connectivity index (χ3n) is 5.31. The molecule has 0 aromatic heterocycles. The average Bonchev–Trinajstić information content (AvgIpc) is 2.81. The molecule has 3 atom stereocenters. The van der Waals surface area contributed by atoms with Crippen LogP contribution in [0.3, 0.4) is 0 Å². The summed E-state index contributed by atoms with van der Waals surface area (Å²) in [5, 5.41) is 12.3. The number of esters is 1. The van der Waals surface area contributed by atoms with Gasteiger partial charge in [0.15, 0.2) is 0 Å². The summed E-state index contributed by atoms with van der Waals surface area (Å²) in [7, 11) is -1.63. The number of nitro benzene ring substituents is 1. The van der Waals surface area contributed by atoms with E-state index in [1.807, 2.05) is 6.07 Å². The highest BCUT2D eigenvalue weighted by atomic mass is 35.5. The summed E-state index contributed by atoms with van der Waals surface area (Å²) in [6.45, 7) is -0.211. The molecule has 0 spiro atoms. The molecule has 12 heteroatoms.